The molecule has 1 aliphatic rings. The molecule has 24 heavy (non-hydrogen) atoms. The number of hydrogen-bond donors (Lipinski definition) is 1. The lowest BCUT2D eigenvalue weighted by Crippen LogP contribution is -2.46. The molecular formula is C18H27NO5. The van der Waals surface area contributed by atoms with Crippen molar-refractivity contribution >= 4 is 5.97 Å². The topological polar surface area (TPSA) is 80.0 Å². The van der Waals surface area contributed by atoms with Crippen LogP contribution >= 0.6 is 0 Å². The molecule has 0 amide bonds. The van der Waals surface area contributed by atoms with Gasteiger partial charge in [0, 0.05) is 6.61 Å². The molecule has 0 saturated carbocycles. The van der Waals surface area contributed by atoms with Gasteiger partial charge in [-0.2, -0.15) is 0 Å². The van der Waals surface area contributed by atoms with E-state index < -0.39 is 24.2 Å². The van der Waals surface area contributed by atoms with E-state index in [1.807, 2.05) is 30.3 Å². The molecule has 1 aromatic rings. The molecule has 0 bridgehead atoms. The summed E-state index contributed by atoms with van der Waals surface area (Å²) in [6.45, 7) is 6.89. The van der Waals surface area contributed by atoms with E-state index in [-0.39, 0.29) is 12.7 Å². The van der Waals surface area contributed by atoms with Gasteiger partial charge in [-0.05, 0) is 25.0 Å². The second-order valence-corrected chi connectivity index (χ2v) is 6.45. The fourth-order valence-corrected chi connectivity index (χ4v) is 2.40. The minimum Gasteiger partial charge on any atom is -0.484 e. The van der Waals surface area contributed by atoms with E-state index in [9.17, 15) is 4.79 Å². The monoisotopic (exact) mass is 337 g/mol. The first-order valence-corrected chi connectivity index (χ1v) is 8.34. The second-order valence-electron chi connectivity index (χ2n) is 6.45. The molecule has 0 radical (unpaired) electrons. The van der Waals surface area contributed by atoms with E-state index in [0.29, 0.717) is 24.9 Å². The van der Waals surface area contributed by atoms with Crippen LogP contribution in [0, 0.1) is 5.92 Å². The van der Waals surface area contributed by atoms with Crippen LogP contribution in [0.2, 0.25) is 0 Å². The number of ether oxygens (including phenoxy) is 4. The second kappa shape index (κ2) is 9.01. The van der Waals surface area contributed by atoms with Gasteiger partial charge in [0.1, 0.15) is 24.0 Å². The molecule has 1 saturated heterocycles. The number of hydrogen-bond acceptors (Lipinski definition) is 6. The number of para-hydroxylation sites is 1. The molecule has 4 unspecified atom stereocenters. The van der Waals surface area contributed by atoms with Gasteiger partial charge in [0.05, 0.1) is 13.2 Å². The summed E-state index contributed by atoms with van der Waals surface area (Å²) in [5.74, 6) is 0.566. The van der Waals surface area contributed by atoms with Crippen molar-refractivity contribution in [3.63, 3.8) is 0 Å². The van der Waals surface area contributed by atoms with Crippen LogP contribution in [0.3, 0.4) is 0 Å². The van der Waals surface area contributed by atoms with Crippen LogP contribution in [0.5, 0.6) is 5.75 Å². The first-order chi connectivity index (χ1) is 11.5. The standard InChI is InChI=1S/C18H27NO5/c1-12(2)9-22-16-11-21-10-15(19)18(20)23-13(3)17(16)24-14-7-5-4-6-8-14/h4-8,12-13,15-17H,9-11,19H2,1-3H3. The summed E-state index contributed by atoms with van der Waals surface area (Å²) < 4.78 is 23.1. The van der Waals surface area contributed by atoms with Crippen LogP contribution in [0.25, 0.3) is 0 Å². The van der Waals surface area contributed by atoms with Crippen molar-refractivity contribution < 1.29 is 23.7 Å². The quantitative estimate of drug-likeness (QED) is 0.825. The number of carbonyl (C=O) groups excluding carboxylic acids is 1. The highest BCUT2D eigenvalue weighted by molar-refractivity contribution is 5.75. The number of esters is 1. The van der Waals surface area contributed by atoms with Gasteiger partial charge in [-0.25, -0.2) is 0 Å². The molecule has 1 fully saturated rings. The van der Waals surface area contributed by atoms with Crippen molar-refractivity contribution in [1.82, 2.24) is 0 Å². The van der Waals surface area contributed by atoms with Crippen molar-refractivity contribution in [3.05, 3.63) is 30.3 Å². The number of nitrogens with two attached hydrogens (primary N) is 1. The third kappa shape index (κ3) is 5.47. The van der Waals surface area contributed by atoms with Crippen molar-refractivity contribution in [2.24, 2.45) is 11.7 Å². The lowest BCUT2D eigenvalue weighted by Gasteiger charge is -2.31. The first-order valence-electron chi connectivity index (χ1n) is 8.34. The molecule has 0 aliphatic carbocycles. The van der Waals surface area contributed by atoms with Crippen LogP contribution in [0.15, 0.2) is 30.3 Å². The summed E-state index contributed by atoms with van der Waals surface area (Å²) in [7, 11) is 0. The third-order valence-electron chi connectivity index (χ3n) is 3.67. The third-order valence-corrected chi connectivity index (χ3v) is 3.67. The van der Waals surface area contributed by atoms with Crippen molar-refractivity contribution in [3.8, 4) is 5.75 Å². The molecule has 1 aromatic carbocycles. The molecule has 0 aromatic heterocycles. The SMILES string of the molecule is CC(C)COC1COCC(N)C(=O)OC(C)C1Oc1ccccc1. The van der Waals surface area contributed by atoms with E-state index in [0.717, 1.165) is 0 Å². The Morgan fingerprint density at radius 2 is 1.96 bits per heavy atom. The van der Waals surface area contributed by atoms with Gasteiger partial charge in [0.2, 0.25) is 0 Å². The number of rotatable bonds is 5. The molecular weight excluding hydrogens is 310 g/mol. The molecule has 134 valence electrons. The minimum atomic E-state index is -0.798. The smallest absolute Gasteiger partial charge is 0.325 e. The van der Waals surface area contributed by atoms with Crippen LogP contribution in [-0.2, 0) is 19.0 Å². The van der Waals surface area contributed by atoms with Gasteiger partial charge in [-0.3, -0.25) is 4.79 Å². The predicted octanol–water partition coefficient (Wildman–Crippen LogP) is 1.76. The summed E-state index contributed by atoms with van der Waals surface area (Å²) in [4.78, 5) is 12.0. The highest BCUT2D eigenvalue weighted by Gasteiger charge is 2.35. The largest absolute Gasteiger partial charge is 0.484 e. The maximum atomic E-state index is 12.0. The number of cyclic esters (lactones) is 1. The first kappa shape index (κ1) is 18.7. The van der Waals surface area contributed by atoms with Gasteiger partial charge in [-0.1, -0.05) is 32.0 Å². The van der Waals surface area contributed by atoms with E-state index in [2.05, 4.69) is 13.8 Å². The Morgan fingerprint density at radius 3 is 2.62 bits per heavy atom. The van der Waals surface area contributed by atoms with Gasteiger partial charge in [-0.15, -0.1) is 0 Å². The number of benzene rings is 1. The van der Waals surface area contributed by atoms with Crippen LogP contribution < -0.4 is 10.5 Å². The molecule has 6 nitrogen and oxygen atoms in total. The van der Waals surface area contributed by atoms with Gasteiger partial charge < -0.3 is 24.7 Å². The summed E-state index contributed by atoms with van der Waals surface area (Å²) in [5.41, 5.74) is 5.76. The average Bonchev–Trinajstić information content (AvgIpc) is 2.60. The fraction of sp³-hybridized carbons (Fsp3) is 0.611. The molecule has 1 heterocycles. The zero-order valence-corrected chi connectivity index (χ0v) is 14.5. The Labute approximate surface area is 143 Å². The Bertz CT molecular complexity index is 507. The van der Waals surface area contributed by atoms with E-state index in [1.54, 1.807) is 6.92 Å². The van der Waals surface area contributed by atoms with Crippen molar-refractivity contribution in [1.29, 1.82) is 0 Å². The molecule has 1 aliphatic heterocycles. The lowest BCUT2D eigenvalue weighted by atomic mass is 10.1. The zero-order chi connectivity index (χ0) is 17.5. The number of carbonyl (C=O) groups is 1. The lowest BCUT2D eigenvalue weighted by molar-refractivity contribution is -0.158. The summed E-state index contributed by atoms with van der Waals surface area (Å²) in [6.07, 6.45) is -1.36. The van der Waals surface area contributed by atoms with E-state index >= 15 is 0 Å². The highest BCUT2D eigenvalue weighted by Crippen LogP contribution is 2.20. The summed E-state index contributed by atoms with van der Waals surface area (Å²) >= 11 is 0. The predicted molar refractivity (Wildman–Crippen MR) is 89.8 cm³/mol. The summed E-state index contributed by atoms with van der Waals surface area (Å²) in [5, 5.41) is 0. The van der Waals surface area contributed by atoms with Crippen LogP contribution in [0.1, 0.15) is 20.8 Å². The highest BCUT2D eigenvalue weighted by atomic mass is 16.6. The van der Waals surface area contributed by atoms with E-state index in [1.165, 1.54) is 0 Å². The summed E-state index contributed by atoms with van der Waals surface area (Å²) in [6, 6.07) is 8.60. The zero-order valence-electron chi connectivity index (χ0n) is 14.5. The maximum Gasteiger partial charge on any atom is 0.325 e. The Morgan fingerprint density at radius 1 is 1.25 bits per heavy atom. The Kier molecular flexibility index (Phi) is 7.02. The van der Waals surface area contributed by atoms with Crippen LogP contribution in [0.4, 0.5) is 0 Å². The Balaban J connectivity index is 2.18. The molecule has 6 heteroatoms. The van der Waals surface area contributed by atoms with Gasteiger partial charge in [0.25, 0.3) is 0 Å². The minimum absolute atomic E-state index is 0.102. The molecule has 0 spiro atoms. The molecule has 2 N–H and O–H groups in total. The maximum absolute atomic E-state index is 12.0. The van der Waals surface area contributed by atoms with E-state index in [4.69, 9.17) is 24.7 Å². The normalized spacial score (nSPS) is 28.6. The molecule has 4 atom stereocenters. The van der Waals surface area contributed by atoms with Gasteiger partial charge >= 0.3 is 5.97 Å². The van der Waals surface area contributed by atoms with Crippen molar-refractivity contribution in [2.75, 3.05) is 19.8 Å². The fourth-order valence-electron chi connectivity index (χ4n) is 2.40. The van der Waals surface area contributed by atoms with Crippen molar-refractivity contribution in [2.45, 2.75) is 45.1 Å². The Hall–Kier alpha value is -1.63. The van der Waals surface area contributed by atoms with Crippen LogP contribution in [-0.4, -0.2) is 50.1 Å². The average molecular weight is 337 g/mol. The molecule has 2 rings (SSSR count). The van der Waals surface area contributed by atoms with Gasteiger partial charge in [0.15, 0.2) is 6.10 Å².